The molecule has 1 unspecified atom stereocenters. The molecule has 7 nitrogen and oxygen atoms in total. The third-order valence-corrected chi connectivity index (χ3v) is 6.69. The Labute approximate surface area is 233 Å². The second kappa shape index (κ2) is 11.9. The highest BCUT2D eigenvalue weighted by molar-refractivity contribution is 6.46. The molecule has 1 N–H and O–H groups in total. The molecule has 1 aliphatic heterocycles. The summed E-state index contributed by atoms with van der Waals surface area (Å²) in [5, 5.41) is 11.6. The number of carbonyl (C=O) groups is 2. The van der Waals surface area contributed by atoms with E-state index in [9.17, 15) is 14.7 Å². The van der Waals surface area contributed by atoms with Crippen LogP contribution in [0.15, 0.2) is 103 Å². The van der Waals surface area contributed by atoms with E-state index in [1.54, 1.807) is 36.7 Å². The molecule has 1 amide bonds. The van der Waals surface area contributed by atoms with Crippen molar-refractivity contribution in [3.8, 4) is 17.2 Å². The van der Waals surface area contributed by atoms with Crippen LogP contribution >= 0.6 is 0 Å². The van der Waals surface area contributed by atoms with Crippen LogP contribution in [0.4, 0.5) is 0 Å². The molecule has 0 bridgehead atoms. The van der Waals surface area contributed by atoms with Gasteiger partial charge in [-0.3, -0.25) is 14.6 Å². The highest BCUT2D eigenvalue weighted by Crippen LogP contribution is 2.42. The van der Waals surface area contributed by atoms with E-state index in [0.717, 1.165) is 17.5 Å². The Morgan fingerprint density at radius 2 is 1.73 bits per heavy atom. The molecule has 1 aliphatic rings. The van der Waals surface area contributed by atoms with Crippen molar-refractivity contribution < 1.29 is 24.2 Å². The molecule has 0 saturated carbocycles. The lowest BCUT2D eigenvalue weighted by Gasteiger charge is -2.26. The summed E-state index contributed by atoms with van der Waals surface area (Å²) in [6, 6.07) is 24.7. The molecular formula is C33H30N2O5. The van der Waals surface area contributed by atoms with Crippen molar-refractivity contribution in [3.63, 3.8) is 0 Å². The van der Waals surface area contributed by atoms with E-state index >= 15 is 0 Å². The highest BCUT2D eigenvalue weighted by Gasteiger charge is 2.46. The van der Waals surface area contributed by atoms with Gasteiger partial charge in [0.2, 0.25) is 0 Å². The smallest absolute Gasteiger partial charge is 0.295 e. The molecule has 3 aromatic carbocycles. The first kappa shape index (κ1) is 26.7. The van der Waals surface area contributed by atoms with E-state index in [1.165, 1.54) is 4.90 Å². The maximum Gasteiger partial charge on any atom is 0.295 e. The lowest BCUT2D eigenvalue weighted by molar-refractivity contribution is -0.140. The second-order valence-electron chi connectivity index (χ2n) is 9.60. The van der Waals surface area contributed by atoms with Crippen molar-refractivity contribution in [1.29, 1.82) is 0 Å². The second-order valence-corrected chi connectivity index (χ2v) is 9.60. The van der Waals surface area contributed by atoms with Crippen molar-refractivity contribution in [2.45, 2.75) is 32.9 Å². The van der Waals surface area contributed by atoms with Crippen LogP contribution in [0, 0.1) is 6.92 Å². The van der Waals surface area contributed by atoms with Gasteiger partial charge >= 0.3 is 0 Å². The van der Waals surface area contributed by atoms with E-state index in [1.807, 2.05) is 74.5 Å². The molecule has 5 rings (SSSR count). The standard InChI is InChI=1S/C33H30N2O5/c1-3-17-39-26-14-15-28(22(2)18-26)31(36)29-30(35(33(38)32(29)37)21-23-9-8-16-34-20-23)24-10-7-13-27(19-24)40-25-11-5-4-6-12-25/h4-16,18-20,30,36H,3,17,21H2,1-2H3/b31-29+. The summed E-state index contributed by atoms with van der Waals surface area (Å²) in [7, 11) is 0. The zero-order valence-electron chi connectivity index (χ0n) is 22.4. The Morgan fingerprint density at radius 3 is 2.45 bits per heavy atom. The van der Waals surface area contributed by atoms with Gasteiger partial charge in [0.1, 0.15) is 23.0 Å². The van der Waals surface area contributed by atoms with Crippen molar-refractivity contribution in [2.24, 2.45) is 0 Å². The lowest BCUT2D eigenvalue weighted by Crippen LogP contribution is -2.29. The zero-order chi connectivity index (χ0) is 28.1. The van der Waals surface area contributed by atoms with Gasteiger partial charge in [-0.2, -0.15) is 0 Å². The highest BCUT2D eigenvalue weighted by atomic mass is 16.5. The summed E-state index contributed by atoms with van der Waals surface area (Å²) in [4.78, 5) is 32.6. The van der Waals surface area contributed by atoms with Gasteiger partial charge < -0.3 is 19.5 Å². The van der Waals surface area contributed by atoms with Crippen molar-refractivity contribution in [1.82, 2.24) is 9.88 Å². The quantitative estimate of drug-likeness (QED) is 0.148. The van der Waals surface area contributed by atoms with Crippen LogP contribution in [0.25, 0.3) is 5.76 Å². The van der Waals surface area contributed by atoms with Gasteiger partial charge in [-0.1, -0.05) is 43.3 Å². The van der Waals surface area contributed by atoms with Crippen LogP contribution < -0.4 is 9.47 Å². The summed E-state index contributed by atoms with van der Waals surface area (Å²) in [6.45, 7) is 4.58. The molecule has 1 atom stereocenters. The normalized spacial score (nSPS) is 16.2. The summed E-state index contributed by atoms with van der Waals surface area (Å²) in [5.41, 5.74) is 2.61. The largest absolute Gasteiger partial charge is 0.507 e. The van der Waals surface area contributed by atoms with Crippen LogP contribution in [-0.4, -0.2) is 33.3 Å². The number of ether oxygens (including phenoxy) is 2. The monoisotopic (exact) mass is 534 g/mol. The van der Waals surface area contributed by atoms with Crippen molar-refractivity contribution in [3.05, 3.63) is 125 Å². The molecular weight excluding hydrogens is 504 g/mol. The van der Waals surface area contributed by atoms with Crippen LogP contribution in [0.3, 0.4) is 0 Å². The Morgan fingerprint density at radius 1 is 0.925 bits per heavy atom. The van der Waals surface area contributed by atoms with Crippen LogP contribution in [0.5, 0.6) is 17.2 Å². The number of aromatic nitrogens is 1. The average molecular weight is 535 g/mol. The first-order valence-corrected chi connectivity index (χ1v) is 13.2. The van der Waals surface area contributed by atoms with E-state index in [0.29, 0.717) is 35.0 Å². The molecule has 0 aliphatic carbocycles. The SMILES string of the molecule is CCCOc1ccc(/C(O)=C2\C(=O)C(=O)N(Cc3cccnc3)C2c2cccc(Oc3ccccc3)c2)c(C)c1. The van der Waals surface area contributed by atoms with E-state index in [2.05, 4.69) is 4.98 Å². The first-order valence-electron chi connectivity index (χ1n) is 13.2. The third kappa shape index (κ3) is 5.59. The number of benzene rings is 3. The minimum absolute atomic E-state index is 0.0241. The minimum atomic E-state index is -0.838. The molecule has 1 saturated heterocycles. The number of Topliss-reactive ketones (excluding diaryl/α,β-unsaturated/α-hetero) is 1. The molecule has 0 radical (unpaired) electrons. The molecule has 1 aromatic heterocycles. The number of carbonyl (C=O) groups excluding carboxylic acids is 2. The third-order valence-electron chi connectivity index (χ3n) is 6.69. The number of para-hydroxylation sites is 1. The number of ketones is 1. The summed E-state index contributed by atoms with van der Waals surface area (Å²) < 4.78 is 11.8. The van der Waals surface area contributed by atoms with Gasteiger partial charge in [0.05, 0.1) is 18.2 Å². The van der Waals surface area contributed by atoms with Gasteiger partial charge in [0, 0.05) is 24.5 Å². The Balaban J connectivity index is 1.60. The van der Waals surface area contributed by atoms with Gasteiger partial charge in [0.25, 0.3) is 11.7 Å². The fourth-order valence-corrected chi connectivity index (χ4v) is 4.81. The van der Waals surface area contributed by atoms with Crippen LogP contribution in [0.2, 0.25) is 0 Å². The van der Waals surface area contributed by atoms with E-state index in [4.69, 9.17) is 9.47 Å². The topological polar surface area (TPSA) is 89.0 Å². The number of rotatable bonds is 9. The maximum absolute atomic E-state index is 13.5. The average Bonchev–Trinajstić information content (AvgIpc) is 3.22. The number of aryl methyl sites for hydroxylation is 1. The Bertz CT molecular complexity index is 1550. The maximum atomic E-state index is 13.5. The summed E-state index contributed by atoms with van der Waals surface area (Å²) in [5.74, 6) is 0.215. The van der Waals surface area contributed by atoms with Gasteiger partial charge in [-0.25, -0.2) is 0 Å². The predicted octanol–water partition coefficient (Wildman–Crippen LogP) is 6.59. The summed E-state index contributed by atoms with van der Waals surface area (Å²) in [6.07, 6.45) is 4.18. The number of hydrogen-bond donors (Lipinski definition) is 1. The predicted molar refractivity (Wildman–Crippen MR) is 152 cm³/mol. The molecule has 0 spiro atoms. The molecule has 2 heterocycles. The fourth-order valence-electron chi connectivity index (χ4n) is 4.81. The van der Waals surface area contributed by atoms with E-state index < -0.39 is 17.7 Å². The first-order chi connectivity index (χ1) is 19.5. The van der Waals surface area contributed by atoms with Gasteiger partial charge in [0.15, 0.2) is 0 Å². The fraction of sp³-hybridized carbons (Fsp3) is 0.182. The number of likely N-dealkylation sites (tertiary alicyclic amines) is 1. The Hall–Kier alpha value is -4.91. The van der Waals surface area contributed by atoms with E-state index in [-0.39, 0.29) is 17.9 Å². The van der Waals surface area contributed by atoms with Gasteiger partial charge in [-0.05, 0) is 78.6 Å². The number of amides is 1. The number of pyridine rings is 1. The molecule has 202 valence electrons. The van der Waals surface area contributed by atoms with Crippen molar-refractivity contribution in [2.75, 3.05) is 6.61 Å². The number of hydrogen-bond acceptors (Lipinski definition) is 6. The zero-order valence-corrected chi connectivity index (χ0v) is 22.4. The van der Waals surface area contributed by atoms with Crippen LogP contribution in [0.1, 0.15) is 41.6 Å². The summed E-state index contributed by atoms with van der Waals surface area (Å²) >= 11 is 0. The lowest BCUT2D eigenvalue weighted by atomic mass is 9.93. The van der Waals surface area contributed by atoms with Crippen LogP contribution in [-0.2, 0) is 16.1 Å². The molecule has 4 aromatic rings. The Kier molecular flexibility index (Phi) is 7.92. The number of aliphatic hydroxyl groups is 1. The molecule has 1 fully saturated rings. The van der Waals surface area contributed by atoms with Crippen molar-refractivity contribution >= 4 is 17.4 Å². The van der Waals surface area contributed by atoms with Gasteiger partial charge in [-0.15, -0.1) is 0 Å². The molecule has 7 heteroatoms. The number of aliphatic hydroxyl groups excluding tert-OH is 1. The molecule has 40 heavy (non-hydrogen) atoms. The number of nitrogens with zero attached hydrogens (tertiary/aromatic N) is 2. The minimum Gasteiger partial charge on any atom is -0.507 e.